The average molecular weight is 249 g/mol. The lowest BCUT2D eigenvalue weighted by molar-refractivity contribution is 0.349. The van der Waals surface area contributed by atoms with Crippen molar-refractivity contribution in [3.8, 4) is 11.6 Å². The molecule has 0 aliphatic carbocycles. The quantitative estimate of drug-likeness (QED) is 0.851. The molecule has 0 aromatic carbocycles. The summed E-state index contributed by atoms with van der Waals surface area (Å²) in [6.07, 6.45) is 4.68. The molecular formula is C13H19N3O2. The van der Waals surface area contributed by atoms with Gasteiger partial charge in [0, 0.05) is 12.0 Å². The van der Waals surface area contributed by atoms with Crippen molar-refractivity contribution in [2.75, 3.05) is 0 Å². The van der Waals surface area contributed by atoms with Crippen molar-refractivity contribution in [2.24, 2.45) is 5.73 Å². The summed E-state index contributed by atoms with van der Waals surface area (Å²) in [6, 6.07) is 3.87. The summed E-state index contributed by atoms with van der Waals surface area (Å²) in [6.45, 7) is 4.10. The van der Waals surface area contributed by atoms with E-state index in [-0.39, 0.29) is 12.0 Å². The van der Waals surface area contributed by atoms with E-state index < -0.39 is 0 Å². The van der Waals surface area contributed by atoms with Crippen LogP contribution in [-0.4, -0.2) is 16.2 Å². The van der Waals surface area contributed by atoms with Gasteiger partial charge in [-0.1, -0.05) is 18.5 Å². The molecule has 98 valence electrons. The number of hydrogen-bond acceptors (Lipinski definition) is 5. The molecule has 5 nitrogen and oxygen atoms in total. The zero-order valence-corrected chi connectivity index (χ0v) is 10.8. The Morgan fingerprint density at radius 3 is 2.83 bits per heavy atom. The fourth-order valence-electron chi connectivity index (χ4n) is 1.81. The van der Waals surface area contributed by atoms with Crippen LogP contribution < -0.4 is 5.73 Å². The van der Waals surface area contributed by atoms with Gasteiger partial charge in [0.25, 0.3) is 0 Å². The Morgan fingerprint density at radius 2 is 2.17 bits per heavy atom. The van der Waals surface area contributed by atoms with Gasteiger partial charge < -0.3 is 14.7 Å². The van der Waals surface area contributed by atoms with Crippen LogP contribution in [0.1, 0.15) is 44.9 Å². The van der Waals surface area contributed by atoms with Gasteiger partial charge in [0.2, 0.25) is 11.7 Å². The van der Waals surface area contributed by atoms with E-state index in [2.05, 4.69) is 17.1 Å². The van der Waals surface area contributed by atoms with Crippen molar-refractivity contribution in [1.82, 2.24) is 10.1 Å². The van der Waals surface area contributed by atoms with Crippen molar-refractivity contribution in [1.29, 1.82) is 0 Å². The minimum absolute atomic E-state index is 0.249. The van der Waals surface area contributed by atoms with E-state index >= 15 is 0 Å². The van der Waals surface area contributed by atoms with Crippen LogP contribution in [0.5, 0.6) is 0 Å². The number of aromatic nitrogens is 2. The molecular weight excluding hydrogens is 230 g/mol. The summed E-state index contributed by atoms with van der Waals surface area (Å²) in [5.74, 6) is 2.05. The van der Waals surface area contributed by atoms with Crippen LogP contribution in [0.15, 0.2) is 27.3 Å². The maximum atomic E-state index is 5.72. The summed E-state index contributed by atoms with van der Waals surface area (Å²) in [4.78, 5) is 4.35. The third-order valence-corrected chi connectivity index (χ3v) is 2.90. The minimum Gasteiger partial charge on any atom is -0.461 e. The van der Waals surface area contributed by atoms with Crippen LogP contribution in [-0.2, 0) is 0 Å². The highest BCUT2D eigenvalue weighted by Gasteiger charge is 2.16. The average Bonchev–Trinajstić information content (AvgIpc) is 2.99. The fraction of sp³-hybridized carbons (Fsp3) is 0.538. The molecule has 2 N–H and O–H groups in total. The van der Waals surface area contributed by atoms with Crippen LogP contribution in [0.25, 0.3) is 11.6 Å². The number of hydrogen-bond donors (Lipinski definition) is 1. The van der Waals surface area contributed by atoms with Crippen molar-refractivity contribution in [2.45, 2.75) is 45.1 Å². The maximum Gasteiger partial charge on any atom is 0.238 e. The van der Waals surface area contributed by atoms with E-state index in [0.717, 1.165) is 19.3 Å². The van der Waals surface area contributed by atoms with Crippen molar-refractivity contribution in [3.05, 3.63) is 24.3 Å². The predicted octanol–water partition coefficient (Wildman–Crippen LogP) is 2.95. The maximum absolute atomic E-state index is 5.72. The van der Waals surface area contributed by atoms with Crippen LogP contribution in [0.4, 0.5) is 0 Å². The van der Waals surface area contributed by atoms with E-state index in [0.29, 0.717) is 17.5 Å². The second-order valence-corrected chi connectivity index (χ2v) is 4.74. The second kappa shape index (κ2) is 5.82. The van der Waals surface area contributed by atoms with Gasteiger partial charge in [-0.3, -0.25) is 0 Å². The largest absolute Gasteiger partial charge is 0.461 e. The highest BCUT2D eigenvalue weighted by atomic mass is 16.5. The Bertz CT molecular complexity index is 462. The molecule has 2 unspecified atom stereocenters. The number of rotatable bonds is 6. The first kappa shape index (κ1) is 12.8. The van der Waals surface area contributed by atoms with Gasteiger partial charge in [-0.25, -0.2) is 0 Å². The summed E-state index contributed by atoms with van der Waals surface area (Å²) in [5.41, 5.74) is 5.72. The van der Waals surface area contributed by atoms with Crippen molar-refractivity contribution < 1.29 is 8.94 Å². The van der Waals surface area contributed by atoms with E-state index in [4.69, 9.17) is 14.7 Å². The van der Waals surface area contributed by atoms with Gasteiger partial charge in [-0.05, 0) is 31.9 Å². The van der Waals surface area contributed by atoms with Crippen LogP contribution in [0.3, 0.4) is 0 Å². The second-order valence-electron chi connectivity index (χ2n) is 4.74. The lowest BCUT2D eigenvalue weighted by atomic mass is 10.0. The summed E-state index contributed by atoms with van der Waals surface area (Å²) >= 11 is 0. The normalized spacial score (nSPS) is 14.6. The monoisotopic (exact) mass is 249 g/mol. The molecule has 0 saturated carbocycles. The summed E-state index contributed by atoms with van der Waals surface area (Å²) < 4.78 is 10.5. The molecule has 2 aromatic heterocycles. The Hall–Kier alpha value is -1.62. The Labute approximate surface area is 106 Å². The number of nitrogens with zero attached hydrogens (tertiary/aromatic N) is 2. The Kier molecular flexibility index (Phi) is 4.15. The highest BCUT2D eigenvalue weighted by Crippen LogP contribution is 2.23. The Balaban J connectivity index is 1.93. The van der Waals surface area contributed by atoms with Gasteiger partial charge in [-0.2, -0.15) is 4.98 Å². The molecule has 0 saturated heterocycles. The molecule has 2 rings (SSSR count). The Morgan fingerprint density at radius 1 is 1.33 bits per heavy atom. The molecule has 0 fully saturated rings. The molecule has 0 radical (unpaired) electrons. The minimum atomic E-state index is 0.249. The van der Waals surface area contributed by atoms with Crippen LogP contribution in [0.2, 0.25) is 0 Å². The molecule has 0 bridgehead atoms. The smallest absolute Gasteiger partial charge is 0.238 e. The molecule has 0 aliphatic rings. The molecule has 0 spiro atoms. The van der Waals surface area contributed by atoms with E-state index in [9.17, 15) is 0 Å². The predicted molar refractivity (Wildman–Crippen MR) is 67.9 cm³/mol. The van der Waals surface area contributed by atoms with Gasteiger partial charge in [0.1, 0.15) is 0 Å². The third-order valence-electron chi connectivity index (χ3n) is 2.90. The first-order chi connectivity index (χ1) is 8.66. The molecule has 18 heavy (non-hydrogen) atoms. The van der Waals surface area contributed by atoms with E-state index in [1.807, 2.05) is 13.0 Å². The molecule has 2 aromatic rings. The van der Waals surface area contributed by atoms with E-state index in [1.165, 1.54) is 0 Å². The lowest BCUT2D eigenvalue weighted by Gasteiger charge is -2.07. The summed E-state index contributed by atoms with van der Waals surface area (Å²) in [7, 11) is 0. The standard InChI is InChI=1S/C13H19N3O2/c1-9(5-3-6-10(2)14)13-15-12(16-18-13)11-7-4-8-17-11/h4,7-10H,3,5-6,14H2,1-2H3. The lowest BCUT2D eigenvalue weighted by Crippen LogP contribution is -2.14. The van der Waals surface area contributed by atoms with E-state index in [1.54, 1.807) is 12.3 Å². The zero-order valence-electron chi connectivity index (χ0n) is 10.8. The van der Waals surface area contributed by atoms with Crippen LogP contribution >= 0.6 is 0 Å². The first-order valence-electron chi connectivity index (χ1n) is 6.30. The fourth-order valence-corrected chi connectivity index (χ4v) is 1.81. The van der Waals surface area contributed by atoms with Gasteiger partial charge >= 0.3 is 0 Å². The topological polar surface area (TPSA) is 78.1 Å². The van der Waals surface area contributed by atoms with Gasteiger partial charge in [0.15, 0.2) is 5.76 Å². The van der Waals surface area contributed by atoms with Crippen LogP contribution in [0, 0.1) is 0 Å². The molecule has 0 amide bonds. The van der Waals surface area contributed by atoms with Gasteiger partial charge in [-0.15, -0.1) is 0 Å². The molecule has 0 aliphatic heterocycles. The highest BCUT2D eigenvalue weighted by molar-refractivity contribution is 5.44. The summed E-state index contributed by atoms with van der Waals surface area (Å²) in [5, 5.41) is 3.92. The van der Waals surface area contributed by atoms with Crippen molar-refractivity contribution >= 4 is 0 Å². The third kappa shape index (κ3) is 3.20. The van der Waals surface area contributed by atoms with Gasteiger partial charge in [0.05, 0.1) is 6.26 Å². The molecule has 2 atom stereocenters. The van der Waals surface area contributed by atoms with Crippen molar-refractivity contribution in [3.63, 3.8) is 0 Å². The number of nitrogens with two attached hydrogens (primary N) is 1. The number of furan rings is 1. The molecule has 5 heteroatoms. The molecule has 2 heterocycles. The first-order valence-corrected chi connectivity index (χ1v) is 6.30. The SMILES string of the molecule is CC(N)CCCC(C)c1nc(-c2ccco2)no1. The zero-order chi connectivity index (χ0) is 13.0.